The first-order chi connectivity index (χ1) is 37.4. The fourth-order valence-electron chi connectivity index (χ4n) is 12.3. The standard InChI is InChI=1S/C33H35N5O5.C26H29N3O6/c1-32(35-29(39)21-15-23-22-10-6-11-24-28(22)20(17-34-24)16-25(23)36(2)18-21)31(41)38-26(14-19-8-4-3-5-9-19)30(40)37-13-7-12-27(37)33(38,42)43-32;1-17-22(25(30)34-4)24(20-11-8-12-21(15-20)29(32)33)23(18(2)27-17)26(31)35-14-13-28(3)16-19-9-6-5-7-10-19/h3-6,8-11,15,17,21,25-27,34,42H,7,12-14,16,18H2,1-2H3,(H,35,39);5-12,15,24,27H,13-14,16H2,1-4H3/t21-,25-,26+,27+,32-,33+;/m1./s1. The van der Waals surface area contributed by atoms with Crippen LogP contribution < -0.4 is 10.6 Å². The number of esters is 2. The number of nitro benzene ring substituents is 1. The van der Waals surface area contributed by atoms with Crippen molar-refractivity contribution in [2.24, 2.45) is 5.92 Å². The summed E-state index contributed by atoms with van der Waals surface area (Å²) < 4.78 is 16.8. The van der Waals surface area contributed by atoms with Gasteiger partial charge in [0.05, 0.1) is 35.0 Å². The molecule has 7 atom stereocenters. The minimum Gasteiger partial charge on any atom is -0.466 e. The highest BCUT2D eigenvalue weighted by molar-refractivity contribution is 6.02. The lowest BCUT2D eigenvalue weighted by molar-refractivity contribution is -0.384. The van der Waals surface area contributed by atoms with Crippen LogP contribution in [-0.4, -0.2) is 141 Å². The number of methoxy groups -OCH3 is 1. The largest absolute Gasteiger partial charge is 0.466 e. The van der Waals surface area contributed by atoms with E-state index in [0.717, 1.165) is 34.2 Å². The van der Waals surface area contributed by atoms with E-state index in [-0.39, 0.29) is 47.7 Å². The molecular weight excluding hydrogens is 997 g/mol. The molecule has 0 bridgehead atoms. The van der Waals surface area contributed by atoms with E-state index in [1.54, 1.807) is 24.8 Å². The number of aromatic nitrogens is 1. The van der Waals surface area contributed by atoms with Crippen molar-refractivity contribution in [1.82, 2.24) is 35.2 Å². The molecule has 19 nitrogen and oxygen atoms in total. The third-order valence-corrected chi connectivity index (χ3v) is 15.9. The van der Waals surface area contributed by atoms with Crippen molar-refractivity contribution in [3.63, 3.8) is 0 Å². The SMILES string of the molecule is CN1C[C@H](C(=O)N[C@]2(C)O[C@@]3(O)[C@@H]4CCCN4C(=O)[C@H](Cc4ccccc4)N3C2=O)C=C2c3cccc4[nH]cc(c34)C[C@H]21.COC(=O)C1=C(C)NC(C)=C(C(=O)OCCN(C)Cc2ccccc2)C1c1cccc([N+](=O)[O-])c1. The molecule has 0 saturated carbocycles. The highest BCUT2D eigenvalue weighted by atomic mass is 16.7. The Morgan fingerprint density at radius 2 is 1.64 bits per heavy atom. The summed E-state index contributed by atoms with van der Waals surface area (Å²) in [5.41, 5.74) is 6.43. The van der Waals surface area contributed by atoms with Crippen molar-refractivity contribution in [2.45, 2.75) is 88.7 Å². The number of carbonyl (C=O) groups is 5. The Kier molecular flexibility index (Phi) is 14.7. The lowest BCUT2D eigenvalue weighted by Crippen LogP contribution is -2.71. The number of amides is 3. The predicted octanol–water partition coefficient (Wildman–Crippen LogP) is 5.67. The van der Waals surface area contributed by atoms with E-state index < -0.39 is 58.3 Å². The Bertz CT molecular complexity index is 3300. The molecule has 3 saturated heterocycles. The van der Waals surface area contributed by atoms with E-state index in [4.69, 9.17) is 14.2 Å². The molecule has 0 spiro atoms. The van der Waals surface area contributed by atoms with E-state index >= 15 is 0 Å². The number of H-pyrrole nitrogens is 1. The van der Waals surface area contributed by atoms with Crippen LogP contribution in [0.1, 0.15) is 67.3 Å². The average Bonchev–Trinajstić information content (AvgIpc) is 4.10. The van der Waals surface area contributed by atoms with Crippen molar-refractivity contribution < 1.29 is 48.2 Å². The maximum atomic E-state index is 14.2. The van der Waals surface area contributed by atoms with Gasteiger partial charge >= 0.3 is 11.9 Å². The summed E-state index contributed by atoms with van der Waals surface area (Å²) in [6.07, 6.45) is 6.38. The third-order valence-electron chi connectivity index (χ3n) is 15.9. The van der Waals surface area contributed by atoms with Crippen LogP contribution in [0, 0.1) is 16.0 Å². The van der Waals surface area contributed by atoms with Gasteiger partial charge in [0.2, 0.25) is 17.5 Å². The zero-order valence-corrected chi connectivity index (χ0v) is 44.5. The molecule has 4 N–H and O–H groups in total. The second-order valence-electron chi connectivity index (χ2n) is 21.1. The maximum Gasteiger partial charge on any atom is 0.336 e. The van der Waals surface area contributed by atoms with Crippen LogP contribution in [0.3, 0.4) is 0 Å². The van der Waals surface area contributed by atoms with Crippen LogP contribution in [0.2, 0.25) is 0 Å². The molecule has 3 fully saturated rings. The Balaban J connectivity index is 0.000000181. The third kappa shape index (κ3) is 9.86. The Morgan fingerprint density at radius 1 is 0.949 bits per heavy atom. The fourth-order valence-corrected chi connectivity index (χ4v) is 12.3. The van der Waals surface area contributed by atoms with E-state index in [9.17, 15) is 39.2 Å². The number of aromatic amines is 1. The number of piperazine rings is 1. The molecule has 1 unspecified atom stereocenters. The van der Waals surface area contributed by atoms with Gasteiger partial charge in [-0.25, -0.2) is 9.59 Å². The molecule has 1 aromatic heterocycles. The summed E-state index contributed by atoms with van der Waals surface area (Å²) in [6, 6.07) is 29.9. The number of benzene rings is 4. The lowest BCUT2D eigenvalue weighted by atomic mass is 9.79. The number of rotatable bonds is 13. The molecule has 19 heteroatoms. The number of allylic oxidation sites excluding steroid dienone is 2. The summed E-state index contributed by atoms with van der Waals surface area (Å²) >= 11 is 0. The van der Waals surface area contributed by atoms with Crippen LogP contribution >= 0.6 is 0 Å². The zero-order chi connectivity index (χ0) is 55.2. The number of hydrogen-bond donors (Lipinski definition) is 4. The van der Waals surface area contributed by atoms with Gasteiger partial charge in [0.1, 0.15) is 18.7 Å². The lowest BCUT2D eigenvalue weighted by Gasteiger charge is -2.48. The van der Waals surface area contributed by atoms with Crippen LogP contribution in [0.5, 0.6) is 0 Å². The van der Waals surface area contributed by atoms with Crippen LogP contribution in [-0.2, 0) is 57.6 Å². The van der Waals surface area contributed by atoms with Crippen molar-refractivity contribution in [3.05, 3.63) is 176 Å². The van der Waals surface area contributed by atoms with E-state index in [1.165, 1.54) is 48.1 Å². The topological polar surface area (TPSA) is 229 Å². The van der Waals surface area contributed by atoms with Gasteiger partial charge in [0.25, 0.3) is 17.5 Å². The second-order valence-corrected chi connectivity index (χ2v) is 21.1. The van der Waals surface area contributed by atoms with Gasteiger partial charge in [-0.2, -0.15) is 0 Å². The van der Waals surface area contributed by atoms with Gasteiger partial charge in [0.15, 0.2) is 0 Å². The molecule has 11 rings (SSSR count). The first-order valence-corrected chi connectivity index (χ1v) is 26.3. The molecule has 6 aliphatic rings. The summed E-state index contributed by atoms with van der Waals surface area (Å²) in [7, 11) is 5.20. The van der Waals surface area contributed by atoms with Crippen molar-refractivity contribution in [3.8, 4) is 0 Å². The molecule has 406 valence electrons. The fraction of sp³-hybridized carbons (Fsp3) is 0.373. The average molecular weight is 1060 g/mol. The number of likely N-dealkylation sites (N-methyl/N-ethyl adjacent to an activating group) is 2. The van der Waals surface area contributed by atoms with Crippen LogP contribution in [0.15, 0.2) is 138 Å². The Hall–Kier alpha value is -7.97. The summed E-state index contributed by atoms with van der Waals surface area (Å²) in [5, 5.41) is 30.5. The molecule has 5 aromatic rings. The summed E-state index contributed by atoms with van der Waals surface area (Å²) in [5.74, 6) is -5.88. The molecule has 1 aliphatic carbocycles. The van der Waals surface area contributed by atoms with E-state index in [1.807, 2.05) is 91.8 Å². The van der Waals surface area contributed by atoms with Crippen molar-refractivity contribution in [2.75, 3.05) is 47.4 Å². The first kappa shape index (κ1) is 53.4. The Labute approximate surface area is 451 Å². The van der Waals surface area contributed by atoms with Gasteiger partial charge in [-0.1, -0.05) is 91.0 Å². The molecule has 78 heavy (non-hydrogen) atoms. The van der Waals surface area contributed by atoms with Gasteiger partial charge in [-0.05, 0) is 93.6 Å². The summed E-state index contributed by atoms with van der Waals surface area (Å²) in [6.45, 7) is 7.19. The predicted molar refractivity (Wildman–Crippen MR) is 288 cm³/mol. The number of nitrogens with zero attached hydrogens (tertiary/aromatic N) is 5. The zero-order valence-electron chi connectivity index (χ0n) is 44.5. The second kappa shape index (κ2) is 21.5. The van der Waals surface area contributed by atoms with Crippen molar-refractivity contribution in [1.29, 1.82) is 0 Å². The number of carbonyl (C=O) groups excluding carboxylic acids is 5. The van der Waals surface area contributed by atoms with E-state index in [2.05, 4.69) is 38.8 Å². The highest BCUT2D eigenvalue weighted by Crippen LogP contribution is 2.47. The highest BCUT2D eigenvalue weighted by Gasteiger charge is 2.70. The molecule has 4 aromatic carbocycles. The molecule has 0 radical (unpaired) electrons. The van der Waals surface area contributed by atoms with Crippen LogP contribution in [0.25, 0.3) is 16.5 Å². The number of dihydropyridines is 1. The maximum absolute atomic E-state index is 14.2. The molecular formula is C59H64N8O11. The van der Waals surface area contributed by atoms with Crippen LogP contribution in [0.4, 0.5) is 5.69 Å². The number of hydrogen-bond acceptors (Lipinski definition) is 14. The van der Waals surface area contributed by atoms with Gasteiger partial charge < -0.3 is 35.1 Å². The van der Waals surface area contributed by atoms with E-state index in [0.29, 0.717) is 56.0 Å². The number of ether oxygens (including phenoxy) is 3. The molecule has 6 heterocycles. The van der Waals surface area contributed by atoms with Gasteiger partial charge in [0, 0.05) is 79.3 Å². The normalized spacial score (nSPS) is 25.4. The van der Waals surface area contributed by atoms with Gasteiger partial charge in [-0.15, -0.1) is 0 Å². The van der Waals surface area contributed by atoms with Gasteiger partial charge in [-0.3, -0.25) is 43.9 Å². The number of fused-ring (bicyclic) bond motifs is 5. The monoisotopic (exact) mass is 1060 g/mol. The quantitative estimate of drug-likeness (QED) is 0.0633. The molecule has 3 amide bonds. The number of non-ortho nitro benzene ring substituents is 1. The minimum absolute atomic E-state index is 0.136. The first-order valence-electron chi connectivity index (χ1n) is 26.3. The summed E-state index contributed by atoms with van der Waals surface area (Å²) in [4.78, 5) is 89.1. The minimum atomic E-state index is -2.04. The van der Waals surface area contributed by atoms with Crippen molar-refractivity contribution >= 4 is 51.8 Å². The number of aliphatic hydroxyl groups is 1. The smallest absolute Gasteiger partial charge is 0.336 e. The molecule has 5 aliphatic heterocycles. The number of nitrogens with one attached hydrogen (secondary N) is 3. The number of nitro groups is 1. The Morgan fingerprint density at radius 3 is 2.35 bits per heavy atom.